The number of nitrogens with one attached hydrogen (secondary N) is 2. The maximum atomic E-state index is 12.8. The quantitative estimate of drug-likeness (QED) is 0.759. The minimum absolute atomic E-state index is 0.332. The number of rotatable bonds is 4. The predicted octanol–water partition coefficient (Wildman–Crippen LogP) is 4.22. The van der Waals surface area contributed by atoms with Gasteiger partial charge in [-0.2, -0.15) is 0 Å². The van der Waals surface area contributed by atoms with E-state index in [0.717, 1.165) is 11.4 Å². The van der Waals surface area contributed by atoms with E-state index in [-0.39, 0.29) is 11.7 Å². The van der Waals surface area contributed by atoms with Crippen LogP contribution in [-0.4, -0.2) is 10.9 Å². The average molecular weight is 307 g/mol. The number of aromatic nitrogens is 1. The smallest absolute Gasteiger partial charge is 0.256 e. The van der Waals surface area contributed by atoms with Gasteiger partial charge in [0.15, 0.2) is 0 Å². The zero-order chi connectivity index (χ0) is 16.1. The maximum Gasteiger partial charge on any atom is 0.256 e. The number of anilines is 3. The fourth-order valence-corrected chi connectivity index (χ4v) is 2.02. The lowest BCUT2D eigenvalue weighted by Gasteiger charge is -2.08. The van der Waals surface area contributed by atoms with Crippen LogP contribution in [0, 0.1) is 5.82 Å². The number of amides is 1. The Balaban J connectivity index is 1.65. The minimum Gasteiger partial charge on any atom is -0.354 e. The van der Waals surface area contributed by atoms with Crippen molar-refractivity contribution >= 4 is 23.1 Å². The number of nitrogens with zero attached hydrogens (tertiary/aromatic N) is 1. The van der Waals surface area contributed by atoms with Crippen LogP contribution < -0.4 is 10.6 Å². The highest BCUT2D eigenvalue weighted by Crippen LogP contribution is 2.16. The lowest BCUT2D eigenvalue weighted by molar-refractivity contribution is 0.102. The third-order valence-electron chi connectivity index (χ3n) is 3.17. The van der Waals surface area contributed by atoms with E-state index in [1.165, 1.54) is 24.3 Å². The third-order valence-corrected chi connectivity index (χ3v) is 3.17. The number of pyridine rings is 1. The summed E-state index contributed by atoms with van der Waals surface area (Å²) in [5.41, 5.74) is 2.15. The highest BCUT2D eigenvalue weighted by molar-refractivity contribution is 6.03. The molecule has 0 aliphatic rings. The van der Waals surface area contributed by atoms with Gasteiger partial charge in [-0.25, -0.2) is 9.37 Å². The number of carbonyl (C=O) groups is 1. The standard InChI is InChI=1S/C18H14FN3O/c19-14-8-6-13(7-9-14)18(23)22-17-11-10-16(12-20-17)21-15-4-2-1-3-5-15/h1-12,21H,(H,20,22,23). The Morgan fingerprint density at radius 3 is 2.26 bits per heavy atom. The molecule has 0 unspecified atom stereocenters. The molecule has 1 amide bonds. The van der Waals surface area contributed by atoms with Gasteiger partial charge in [0.25, 0.3) is 5.91 Å². The molecule has 0 spiro atoms. The molecule has 0 aliphatic carbocycles. The first-order valence-electron chi connectivity index (χ1n) is 7.06. The van der Waals surface area contributed by atoms with Gasteiger partial charge < -0.3 is 10.6 Å². The molecule has 1 aromatic heterocycles. The molecule has 2 aromatic carbocycles. The van der Waals surface area contributed by atoms with Crippen molar-refractivity contribution in [3.63, 3.8) is 0 Å². The van der Waals surface area contributed by atoms with Crippen molar-refractivity contribution in [3.05, 3.63) is 84.3 Å². The molecule has 4 nitrogen and oxygen atoms in total. The topological polar surface area (TPSA) is 54.0 Å². The monoisotopic (exact) mass is 307 g/mol. The number of para-hydroxylation sites is 1. The minimum atomic E-state index is -0.379. The Labute approximate surface area is 133 Å². The van der Waals surface area contributed by atoms with Crippen molar-refractivity contribution in [2.75, 3.05) is 10.6 Å². The molecule has 0 saturated heterocycles. The predicted molar refractivity (Wildman–Crippen MR) is 88.3 cm³/mol. The summed E-state index contributed by atoms with van der Waals surface area (Å²) in [6.45, 7) is 0. The van der Waals surface area contributed by atoms with Crippen LogP contribution in [0.1, 0.15) is 10.4 Å². The second-order valence-corrected chi connectivity index (χ2v) is 4.88. The molecule has 5 heteroatoms. The Bertz CT molecular complexity index is 787. The van der Waals surface area contributed by atoms with Crippen LogP contribution in [0.3, 0.4) is 0 Å². The van der Waals surface area contributed by atoms with Gasteiger partial charge >= 0.3 is 0 Å². The summed E-state index contributed by atoms with van der Waals surface area (Å²) in [5, 5.41) is 5.87. The fourth-order valence-electron chi connectivity index (χ4n) is 2.02. The molecule has 0 saturated carbocycles. The molecule has 23 heavy (non-hydrogen) atoms. The summed E-state index contributed by atoms with van der Waals surface area (Å²) < 4.78 is 12.8. The van der Waals surface area contributed by atoms with Gasteiger partial charge in [-0.05, 0) is 48.5 Å². The Kier molecular flexibility index (Phi) is 4.29. The fraction of sp³-hybridized carbons (Fsp3) is 0. The molecule has 0 aliphatic heterocycles. The number of benzene rings is 2. The van der Waals surface area contributed by atoms with Gasteiger partial charge in [-0.3, -0.25) is 4.79 Å². The number of hydrogen-bond donors (Lipinski definition) is 2. The van der Waals surface area contributed by atoms with Crippen LogP contribution in [0.25, 0.3) is 0 Å². The van der Waals surface area contributed by atoms with Crippen LogP contribution in [0.15, 0.2) is 72.9 Å². The van der Waals surface area contributed by atoms with E-state index in [9.17, 15) is 9.18 Å². The largest absolute Gasteiger partial charge is 0.354 e. The van der Waals surface area contributed by atoms with Gasteiger partial charge in [-0.1, -0.05) is 18.2 Å². The summed E-state index contributed by atoms with van der Waals surface area (Å²) in [6, 6.07) is 18.6. The van der Waals surface area contributed by atoms with E-state index in [2.05, 4.69) is 15.6 Å². The Morgan fingerprint density at radius 1 is 0.870 bits per heavy atom. The van der Waals surface area contributed by atoms with E-state index in [4.69, 9.17) is 0 Å². The van der Waals surface area contributed by atoms with Crippen molar-refractivity contribution in [1.29, 1.82) is 0 Å². The summed E-state index contributed by atoms with van der Waals surface area (Å²) in [4.78, 5) is 16.2. The first-order valence-corrected chi connectivity index (χ1v) is 7.06. The van der Waals surface area contributed by atoms with Crippen LogP contribution in [0.4, 0.5) is 21.6 Å². The van der Waals surface area contributed by atoms with E-state index < -0.39 is 0 Å². The van der Waals surface area contributed by atoms with Crippen molar-refractivity contribution in [2.24, 2.45) is 0 Å². The zero-order valence-electron chi connectivity index (χ0n) is 12.2. The van der Waals surface area contributed by atoms with Gasteiger partial charge in [-0.15, -0.1) is 0 Å². The molecular weight excluding hydrogens is 293 g/mol. The molecule has 2 N–H and O–H groups in total. The van der Waals surface area contributed by atoms with Crippen LogP contribution >= 0.6 is 0 Å². The average Bonchev–Trinajstić information content (AvgIpc) is 2.58. The Hall–Kier alpha value is -3.21. The second-order valence-electron chi connectivity index (χ2n) is 4.88. The van der Waals surface area contributed by atoms with E-state index in [0.29, 0.717) is 11.4 Å². The van der Waals surface area contributed by atoms with E-state index in [1.807, 2.05) is 36.4 Å². The second kappa shape index (κ2) is 6.70. The van der Waals surface area contributed by atoms with Gasteiger partial charge in [0.05, 0.1) is 11.9 Å². The summed E-state index contributed by atoms with van der Waals surface area (Å²) in [7, 11) is 0. The lowest BCUT2D eigenvalue weighted by atomic mass is 10.2. The molecule has 1 heterocycles. The van der Waals surface area contributed by atoms with E-state index in [1.54, 1.807) is 12.3 Å². The van der Waals surface area contributed by atoms with Crippen LogP contribution in [0.2, 0.25) is 0 Å². The van der Waals surface area contributed by atoms with Crippen molar-refractivity contribution in [3.8, 4) is 0 Å². The van der Waals surface area contributed by atoms with Crippen molar-refractivity contribution < 1.29 is 9.18 Å². The van der Waals surface area contributed by atoms with Crippen LogP contribution in [-0.2, 0) is 0 Å². The summed E-state index contributed by atoms with van der Waals surface area (Å²) in [6.07, 6.45) is 1.63. The molecule has 3 rings (SSSR count). The normalized spacial score (nSPS) is 10.1. The molecule has 114 valence electrons. The number of halogens is 1. The third kappa shape index (κ3) is 3.91. The molecule has 0 bridgehead atoms. The molecule has 0 fully saturated rings. The van der Waals surface area contributed by atoms with Gasteiger partial charge in [0.2, 0.25) is 0 Å². The number of carbonyl (C=O) groups excluding carboxylic acids is 1. The van der Waals surface area contributed by atoms with Crippen molar-refractivity contribution in [2.45, 2.75) is 0 Å². The molecular formula is C18H14FN3O. The molecule has 3 aromatic rings. The van der Waals surface area contributed by atoms with Gasteiger partial charge in [0.1, 0.15) is 11.6 Å². The summed E-state index contributed by atoms with van der Waals surface area (Å²) in [5.74, 6) is -0.282. The first kappa shape index (κ1) is 14.7. The van der Waals surface area contributed by atoms with Gasteiger partial charge in [0, 0.05) is 11.3 Å². The SMILES string of the molecule is O=C(Nc1ccc(Nc2ccccc2)cn1)c1ccc(F)cc1. The highest BCUT2D eigenvalue weighted by atomic mass is 19.1. The van der Waals surface area contributed by atoms with Crippen LogP contribution in [0.5, 0.6) is 0 Å². The lowest BCUT2D eigenvalue weighted by Crippen LogP contribution is -2.12. The van der Waals surface area contributed by atoms with E-state index >= 15 is 0 Å². The Morgan fingerprint density at radius 2 is 1.61 bits per heavy atom. The molecule has 0 atom stereocenters. The molecule has 0 radical (unpaired) electrons. The highest BCUT2D eigenvalue weighted by Gasteiger charge is 2.06. The zero-order valence-corrected chi connectivity index (χ0v) is 12.2. The summed E-state index contributed by atoms with van der Waals surface area (Å²) >= 11 is 0. The number of hydrogen-bond acceptors (Lipinski definition) is 3. The first-order chi connectivity index (χ1) is 11.2. The van der Waals surface area contributed by atoms with Crippen molar-refractivity contribution in [1.82, 2.24) is 4.98 Å². The maximum absolute atomic E-state index is 12.8.